The number of rotatable bonds is 9. The number of hydrogen-bond donors (Lipinski definition) is 1. The van der Waals surface area contributed by atoms with Gasteiger partial charge >= 0.3 is 5.97 Å². The molecule has 1 fully saturated rings. The fourth-order valence-electron chi connectivity index (χ4n) is 3.64. The Hall–Kier alpha value is -2.77. The van der Waals surface area contributed by atoms with Crippen molar-refractivity contribution in [1.82, 2.24) is 10.2 Å². The normalized spacial score (nSPS) is 14.7. The van der Waals surface area contributed by atoms with E-state index in [9.17, 15) is 9.59 Å². The van der Waals surface area contributed by atoms with Crippen molar-refractivity contribution >= 4 is 23.5 Å². The van der Waals surface area contributed by atoms with Gasteiger partial charge in [0.25, 0.3) is 5.91 Å². The molecule has 1 aliphatic heterocycles. The molecule has 8 heteroatoms. The number of halogens is 1. The van der Waals surface area contributed by atoms with Crippen LogP contribution in [-0.4, -0.2) is 57.2 Å². The van der Waals surface area contributed by atoms with E-state index in [1.165, 1.54) is 14.2 Å². The minimum absolute atomic E-state index is 0.0507. The Labute approximate surface area is 187 Å². The third kappa shape index (κ3) is 6.12. The molecule has 0 radical (unpaired) electrons. The molecule has 7 nitrogen and oxygen atoms in total. The minimum Gasteiger partial charge on any atom is -0.493 e. The number of nitrogens with one attached hydrogen (secondary N) is 1. The Kier molecular flexibility index (Phi) is 8.14. The van der Waals surface area contributed by atoms with Crippen LogP contribution in [0.25, 0.3) is 0 Å². The quantitative estimate of drug-likeness (QED) is 0.594. The number of amides is 1. The molecule has 0 aliphatic carbocycles. The molecule has 0 spiro atoms. The lowest BCUT2D eigenvalue weighted by molar-refractivity contribution is -0.142. The molecule has 1 aliphatic rings. The summed E-state index contributed by atoms with van der Waals surface area (Å²) in [7, 11) is 2.76. The highest BCUT2D eigenvalue weighted by atomic mass is 35.5. The smallest absolute Gasteiger partial charge is 0.343 e. The molecule has 31 heavy (non-hydrogen) atoms. The SMILES string of the molecule is COC(=O)COc1ccc(C(=O)NCC(c2cccc(Cl)c2)N2CCCC2)cc1OC. The summed E-state index contributed by atoms with van der Waals surface area (Å²) in [5, 5.41) is 3.71. The first kappa shape index (κ1) is 22.9. The number of nitrogens with zero attached hydrogens (tertiary/aromatic N) is 1. The maximum Gasteiger partial charge on any atom is 0.343 e. The summed E-state index contributed by atoms with van der Waals surface area (Å²) >= 11 is 6.20. The Morgan fingerprint density at radius 2 is 1.87 bits per heavy atom. The zero-order valence-corrected chi connectivity index (χ0v) is 18.5. The average molecular weight is 447 g/mol. The fourth-order valence-corrected chi connectivity index (χ4v) is 3.84. The van der Waals surface area contributed by atoms with Crippen LogP contribution in [0, 0.1) is 0 Å². The van der Waals surface area contributed by atoms with E-state index in [1.54, 1.807) is 18.2 Å². The van der Waals surface area contributed by atoms with Gasteiger partial charge in [-0.3, -0.25) is 9.69 Å². The summed E-state index contributed by atoms with van der Waals surface area (Å²) in [5.41, 5.74) is 1.52. The van der Waals surface area contributed by atoms with Crippen LogP contribution < -0.4 is 14.8 Å². The van der Waals surface area contributed by atoms with Crippen molar-refractivity contribution in [2.75, 3.05) is 40.5 Å². The average Bonchev–Trinajstić information content (AvgIpc) is 3.32. The van der Waals surface area contributed by atoms with Crippen molar-refractivity contribution in [2.24, 2.45) is 0 Å². The number of methoxy groups -OCH3 is 2. The molecule has 0 aromatic heterocycles. The van der Waals surface area contributed by atoms with Gasteiger partial charge in [0.2, 0.25) is 0 Å². The molecule has 1 unspecified atom stereocenters. The monoisotopic (exact) mass is 446 g/mol. The van der Waals surface area contributed by atoms with E-state index in [-0.39, 0.29) is 18.6 Å². The molecule has 1 N–H and O–H groups in total. The first-order chi connectivity index (χ1) is 15.0. The van der Waals surface area contributed by atoms with Crippen molar-refractivity contribution in [3.8, 4) is 11.5 Å². The van der Waals surface area contributed by atoms with Gasteiger partial charge in [0, 0.05) is 17.1 Å². The van der Waals surface area contributed by atoms with Gasteiger partial charge in [0.05, 0.1) is 20.3 Å². The number of likely N-dealkylation sites (tertiary alicyclic amines) is 1. The number of benzene rings is 2. The molecule has 0 saturated carbocycles. The van der Waals surface area contributed by atoms with Gasteiger partial charge in [-0.25, -0.2) is 4.79 Å². The summed E-state index contributed by atoms with van der Waals surface area (Å²) in [6.07, 6.45) is 2.30. The van der Waals surface area contributed by atoms with Gasteiger partial charge in [-0.2, -0.15) is 0 Å². The van der Waals surface area contributed by atoms with Crippen molar-refractivity contribution in [3.05, 3.63) is 58.6 Å². The molecule has 1 heterocycles. The van der Waals surface area contributed by atoms with E-state index >= 15 is 0 Å². The van der Waals surface area contributed by atoms with E-state index in [4.69, 9.17) is 21.1 Å². The lowest BCUT2D eigenvalue weighted by Crippen LogP contribution is -2.36. The molecule has 2 aromatic carbocycles. The molecule has 3 rings (SSSR count). The van der Waals surface area contributed by atoms with E-state index in [1.807, 2.05) is 24.3 Å². The van der Waals surface area contributed by atoms with Crippen molar-refractivity contribution in [2.45, 2.75) is 18.9 Å². The minimum atomic E-state index is -0.502. The number of carbonyl (C=O) groups excluding carboxylic acids is 2. The highest BCUT2D eigenvalue weighted by Gasteiger charge is 2.24. The largest absolute Gasteiger partial charge is 0.493 e. The Morgan fingerprint density at radius 1 is 1.10 bits per heavy atom. The second-order valence-electron chi connectivity index (χ2n) is 7.25. The molecule has 1 atom stereocenters. The predicted molar refractivity (Wildman–Crippen MR) is 118 cm³/mol. The van der Waals surface area contributed by atoms with Crippen LogP contribution in [0.1, 0.15) is 34.8 Å². The van der Waals surface area contributed by atoms with Crippen LogP contribution in [0.4, 0.5) is 0 Å². The Balaban J connectivity index is 1.69. The van der Waals surface area contributed by atoms with Crippen molar-refractivity contribution in [3.63, 3.8) is 0 Å². The highest BCUT2D eigenvalue weighted by molar-refractivity contribution is 6.30. The van der Waals surface area contributed by atoms with Crippen LogP contribution in [-0.2, 0) is 9.53 Å². The van der Waals surface area contributed by atoms with Gasteiger partial charge in [0.1, 0.15) is 0 Å². The molecule has 1 saturated heterocycles. The van der Waals surface area contributed by atoms with Crippen LogP contribution in [0.5, 0.6) is 11.5 Å². The zero-order valence-electron chi connectivity index (χ0n) is 17.7. The Bertz CT molecular complexity index is 915. The maximum atomic E-state index is 12.8. The zero-order chi connectivity index (χ0) is 22.2. The van der Waals surface area contributed by atoms with Crippen molar-refractivity contribution in [1.29, 1.82) is 0 Å². The number of ether oxygens (including phenoxy) is 3. The topological polar surface area (TPSA) is 77.1 Å². The van der Waals surface area contributed by atoms with Gasteiger partial charge in [0.15, 0.2) is 18.1 Å². The van der Waals surface area contributed by atoms with E-state index < -0.39 is 5.97 Å². The first-order valence-electron chi connectivity index (χ1n) is 10.2. The molecular formula is C23H27ClN2O5. The second-order valence-corrected chi connectivity index (χ2v) is 7.69. The molecule has 0 bridgehead atoms. The summed E-state index contributed by atoms with van der Waals surface area (Å²) in [6, 6.07) is 12.6. The Morgan fingerprint density at radius 3 is 2.55 bits per heavy atom. The fraction of sp³-hybridized carbons (Fsp3) is 0.391. The molecule has 166 valence electrons. The predicted octanol–water partition coefficient (Wildman–Crippen LogP) is 3.47. The standard InChI is InChI=1S/C23H27ClN2O5/c1-29-21-13-17(8-9-20(21)31-15-22(27)30-2)23(28)25-14-19(26-10-3-4-11-26)16-6-5-7-18(24)12-16/h5-9,12-13,19H,3-4,10-11,14-15H2,1-2H3,(H,25,28). The van der Waals surface area contributed by atoms with Gasteiger partial charge < -0.3 is 19.5 Å². The van der Waals surface area contributed by atoms with Gasteiger partial charge in [-0.05, 0) is 61.8 Å². The van der Waals surface area contributed by atoms with Gasteiger partial charge in [-0.15, -0.1) is 0 Å². The summed E-state index contributed by atoms with van der Waals surface area (Å²) in [5.74, 6) is 0.00249. The lowest BCUT2D eigenvalue weighted by Gasteiger charge is -2.28. The third-order valence-corrected chi connectivity index (χ3v) is 5.50. The summed E-state index contributed by atoms with van der Waals surface area (Å²) < 4.78 is 15.3. The van der Waals surface area contributed by atoms with Gasteiger partial charge in [-0.1, -0.05) is 23.7 Å². The summed E-state index contributed by atoms with van der Waals surface area (Å²) in [4.78, 5) is 26.5. The molecular weight excluding hydrogens is 420 g/mol. The van der Waals surface area contributed by atoms with Crippen molar-refractivity contribution < 1.29 is 23.8 Å². The van der Waals surface area contributed by atoms with Crippen LogP contribution >= 0.6 is 11.6 Å². The molecule has 1 amide bonds. The van der Waals surface area contributed by atoms with Crippen LogP contribution in [0.15, 0.2) is 42.5 Å². The number of hydrogen-bond acceptors (Lipinski definition) is 6. The third-order valence-electron chi connectivity index (χ3n) is 5.27. The molecule has 2 aromatic rings. The van der Waals surface area contributed by atoms with Crippen LogP contribution in [0.3, 0.4) is 0 Å². The highest BCUT2D eigenvalue weighted by Crippen LogP contribution is 2.29. The van der Waals surface area contributed by atoms with E-state index in [2.05, 4.69) is 15.0 Å². The maximum absolute atomic E-state index is 12.8. The second kappa shape index (κ2) is 11.0. The van der Waals surface area contributed by atoms with E-state index in [0.29, 0.717) is 28.6 Å². The van der Waals surface area contributed by atoms with Crippen LogP contribution in [0.2, 0.25) is 5.02 Å². The number of esters is 1. The summed E-state index contributed by atoms with van der Waals surface area (Å²) in [6.45, 7) is 2.21. The van der Waals surface area contributed by atoms with E-state index in [0.717, 1.165) is 31.5 Å². The lowest BCUT2D eigenvalue weighted by atomic mass is 10.1. The number of carbonyl (C=O) groups is 2. The first-order valence-corrected chi connectivity index (χ1v) is 10.5.